The summed E-state index contributed by atoms with van der Waals surface area (Å²) < 4.78 is 8.30. The van der Waals surface area contributed by atoms with Crippen LogP contribution in [0.3, 0.4) is 0 Å². The Kier molecular flexibility index (Phi) is 4.11. The highest BCUT2D eigenvalue weighted by Crippen LogP contribution is 2.37. The molecule has 5 nitrogen and oxygen atoms in total. The summed E-state index contributed by atoms with van der Waals surface area (Å²) in [4.78, 5) is 12.5. The van der Waals surface area contributed by atoms with Crippen LogP contribution in [0.2, 0.25) is 0 Å². The number of fused-ring (bicyclic) bond motifs is 4. The van der Waals surface area contributed by atoms with Gasteiger partial charge in [-0.05, 0) is 71.2 Å². The van der Waals surface area contributed by atoms with Crippen LogP contribution >= 0.6 is 23.9 Å². The van der Waals surface area contributed by atoms with E-state index in [1.807, 2.05) is 6.07 Å². The lowest BCUT2D eigenvalue weighted by molar-refractivity contribution is 0.0978. The average molecular weight is 403 g/mol. The number of carbonyl (C=O) groups excluding carboxylic acids is 1. The minimum Gasteiger partial charge on any atom is -0.332 e. The Morgan fingerprint density at radius 1 is 0.929 bits per heavy atom. The van der Waals surface area contributed by atoms with Crippen molar-refractivity contribution in [3.05, 3.63) is 77.4 Å². The first-order valence-electron chi connectivity index (χ1n) is 8.73. The Hall–Kier alpha value is -3.16. The van der Waals surface area contributed by atoms with Crippen molar-refractivity contribution in [3.63, 3.8) is 0 Å². The number of nitrogens with zero attached hydrogens (tertiary/aromatic N) is 2. The molecule has 0 fully saturated rings. The van der Waals surface area contributed by atoms with Crippen LogP contribution in [-0.2, 0) is 6.42 Å². The molecule has 7 heteroatoms. The molecule has 0 saturated heterocycles. The molecular weight excluding hydrogens is 388 g/mol. The summed E-state index contributed by atoms with van der Waals surface area (Å²) in [7, 11) is 0. The van der Waals surface area contributed by atoms with Gasteiger partial charge in [-0.15, -0.1) is 0 Å². The Labute approximate surface area is 170 Å². The minimum atomic E-state index is -0.277. The van der Waals surface area contributed by atoms with E-state index in [9.17, 15) is 4.79 Å². The minimum absolute atomic E-state index is 0.261. The number of nitrogens with one attached hydrogen (secondary N) is 2. The number of hydrogen-bond donors (Lipinski definition) is 2. The smallest absolute Gasteiger partial charge is 0.257 e. The van der Waals surface area contributed by atoms with Gasteiger partial charge in [0.15, 0.2) is 5.11 Å². The largest absolute Gasteiger partial charge is 0.332 e. The van der Waals surface area contributed by atoms with Crippen molar-refractivity contribution in [1.29, 1.82) is 0 Å². The van der Waals surface area contributed by atoms with Gasteiger partial charge in [0.1, 0.15) is 11.0 Å². The highest BCUT2D eigenvalue weighted by Gasteiger charge is 2.18. The Balaban J connectivity index is 1.29. The number of anilines is 1. The molecule has 1 aromatic heterocycles. The fraction of sp³-hybridized carbons (Fsp3) is 0.0476. The third-order valence-electron chi connectivity index (χ3n) is 4.79. The molecule has 0 spiro atoms. The second-order valence-corrected chi connectivity index (χ2v) is 7.52. The van der Waals surface area contributed by atoms with Crippen molar-refractivity contribution < 1.29 is 4.79 Å². The maximum atomic E-state index is 12.5. The molecule has 2 N–H and O–H groups in total. The number of rotatable bonds is 2. The zero-order valence-corrected chi connectivity index (χ0v) is 16.2. The van der Waals surface area contributed by atoms with Crippen LogP contribution in [0, 0.1) is 0 Å². The van der Waals surface area contributed by atoms with Crippen LogP contribution < -0.4 is 10.6 Å². The van der Waals surface area contributed by atoms with E-state index in [1.165, 1.54) is 22.3 Å². The number of amides is 1. The van der Waals surface area contributed by atoms with Gasteiger partial charge in [-0.3, -0.25) is 10.1 Å². The summed E-state index contributed by atoms with van der Waals surface area (Å²) in [6.07, 6.45) is 0.905. The van der Waals surface area contributed by atoms with Crippen molar-refractivity contribution in [2.24, 2.45) is 0 Å². The van der Waals surface area contributed by atoms with E-state index in [0.29, 0.717) is 11.1 Å². The summed E-state index contributed by atoms with van der Waals surface area (Å²) in [6, 6.07) is 19.8. The van der Waals surface area contributed by atoms with E-state index in [0.717, 1.165) is 29.4 Å². The predicted octanol–water partition coefficient (Wildman–Crippen LogP) is 4.39. The number of carbonyl (C=O) groups is 1. The van der Waals surface area contributed by atoms with E-state index in [-0.39, 0.29) is 11.0 Å². The first-order chi connectivity index (χ1) is 13.7. The normalized spacial score (nSPS) is 11.7. The van der Waals surface area contributed by atoms with Crippen LogP contribution in [0.25, 0.3) is 22.2 Å². The Morgan fingerprint density at radius 3 is 2.68 bits per heavy atom. The quantitative estimate of drug-likeness (QED) is 0.429. The molecule has 1 aliphatic rings. The van der Waals surface area contributed by atoms with Crippen LogP contribution in [-0.4, -0.2) is 19.8 Å². The average Bonchev–Trinajstić information content (AvgIpc) is 3.30. The standard InChI is InChI=1S/C21H14N4OS2/c26-20(13-5-8-18-19(11-13)25-28-24-18)23-21(27)22-15-6-7-17-14(10-15)9-12-3-1-2-4-16(12)17/h1-8,10-11H,9H2,(H2,22,23,26,27). The van der Waals surface area contributed by atoms with Gasteiger partial charge in [0, 0.05) is 11.3 Å². The van der Waals surface area contributed by atoms with Gasteiger partial charge in [-0.25, -0.2) is 0 Å². The molecule has 5 rings (SSSR count). The second-order valence-electron chi connectivity index (χ2n) is 6.58. The Morgan fingerprint density at radius 2 is 1.75 bits per heavy atom. The predicted molar refractivity (Wildman–Crippen MR) is 116 cm³/mol. The lowest BCUT2D eigenvalue weighted by Crippen LogP contribution is -2.34. The number of hydrogen-bond acceptors (Lipinski definition) is 5. The van der Waals surface area contributed by atoms with Gasteiger partial charge in [0.2, 0.25) is 0 Å². The SMILES string of the molecule is O=C(NC(=S)Nc1ccc2c(c1)Cc1ccccc1-2)c1ccc2nsnc2c1. The molecule has 0 atom stereocenters. The zero-order chi connectivity index (χ0) is 19.1. The van der Waals surface area contributed by atoms with Crippen LogP contribution in [0.4, 0.5) is 5.69 Å². The Bertz CT molecular complexity index is 1250. The second kappa shape index (κ2) is 6.78. The van der Waals surface area contributed by atoms with E-state index >= 15 is 0 Å². The summed E-state index contributed by atoms with van der Waals surface area (Å²) in [5.74, 6) is -0.277. The topological polar surface area (TPSA) is 66.9 Å². The molecular formula is C21H14N4OS2. The fourth-order valence-electron chi connectivity index (χ4n) is 3.48. The third-order valence-corrected chi connectivity index (χ3v) is 5.56. The molecule has 28 heavy (non-hydrogen) atoms. The molecule has 1 aliphatic carbocycles. The van der Waals surface area contributed by atoms with E-state index < -0.39 is 0 Å². The van der Waals surface area contributed by atoms with Gasteiger partial charge in [0.25, 0.3) is 5.91 Å². The van der Waals surface area contributed by atoms with Crippen molar-refractivity contribution in [1.82, 2.24) is 14.1 Å². The zero-order valence-electron chi connectivity index (χ0n) is 14.6. The number of thiocarbonyl (C=S) groups is 1. The molecule has 4 aromatic rings. The van der Waals surface area contributed by atoms with Gasteiger partial charge in [-0.1, -0.05) is 30.3 Å². The molecule has 0 aliphatic heterocycles. The first-order valence-corrected chi connectivity index (χ1v) is 9.87. The lowest BCUT2D eigenvalue weighted by Gasteiger charge is -2.11. The van der Waals surface area contributed by atoms with E-state index in [1.54, 1.807) is 18.2 Å². The summed E-state index contributed by atoms with van der Waals surface area (Å²) in [5.41, 5.74) is 7.95. The lowest BCUT2D eigenvalue weighted by atomic mass is 10.1. The van der Waals surface area contributed by atoms with Gasteiger partial charge in [-0.2, -0.15) is 8.75 Å². The van der Waals surface area contributed by atoms with E-state index in [4.69, 9.17) is 12.2 Å². The number of aromatic nitrogens is 2. The maximum Gasteiger partial charge on any atom is 0.257 e. The molecule has 0 bridgehead atoms. The van der Waals surface area contributed by atoms with Crippen LogP contribution in [0.15, 0.2) is 60.7 Å². The highest BCUT2D eigenvalue weighted by molar-refractivity contribution is 7.80. The van der Waals surface area contributed by atoms with Crippen molar-refractivity contribution in [2.45, 2.75) is 6.42 Å². The number of benzene rings is 3. The van der Waals surface area contributed by atoms with Crippen LogP contribution in [0.1, 0.15) is 21.5 Å². The first kappa shape index (κ1) is 17.0. The molecule has 136 valence electrons. The summed E-state index contributed by atoms with van der Waals surface area (Å²) >= 11 is 6.44. The summed E-state index contributed by atoms with van der Waals surface area (Å²) in [6.45, 7) is 0. The monoisotopic (exact) mass is 402 g/mol. The molecule has 0 radical (unpaired) electrons. The highest BCUT2D eigenvalue weighted by atomic mass is 32.1. The van der Waals surface area contributed by atoms with E-state index in [2.05, 4.69) is 55.8 Å². The van der Waals surface area contributed by atoms with Crippen molar-refractivity contribution >= 4 is 51.7 Å². The van der Waals surface area contributed by atoms with Gasteiger partial charge in [0.05, 0.1) is 11.7 Å². The molecule has 1 heterocycles. The third kappa shape index (κ3) is 3.04. The molecule has 1 amide bonds. The maximum absolute atomic E-state index is 12.5. The van der Waals surface area contributed by atoms with Crippen molar-refractivity contribution in [3.8, 4) is 11.1 Å². The molecule has 3 aromatic carbocycles. The van der Waals surface area contributed by atoms with Crippen LogP contribution in [0.5, 0.6) is 0 Å². The van der Waals surface area contributed by atoms with Gasteiger partial charge >= 0.3 is 0 Å². The van der Waals surface area contributed by atoms with Gasteiger partial charge < -0.3 is 5.32 Å². The molecule has 0 unspecified atom stereocenters. The fourth-order valence-corrected chi connectivity index (χ4v) is 4.21. The van der Waals surface area contributed by atoms with Crippen molar-refractivity contribution in [2.75, 3.05) is 5.32 Å². The molecule has 0 saturated carbocycles. The summed E-state index contributed by atoms with van der Waals surface area (Å²) in [5, 5.41) is 6.09.